The molecule has 2 N–H and O–H groups in total. The molecule has 38 heavy (non-hydrogen) atoms. The smallest absolute Gasteiger partial charge is 0.412 e. The fourth-order valence-corrected chi connectivity index (χ4v) is 5.77. The molecule has 14 heteroatoms. The number of nitrogens with zero attached hydrogens (tertiary/aromatic N) is 2. The first kappa shape index (κ1) is 29.0. The largest absolute Gasteiger partial charge is 0.494 e. The van der Waals surface area contributed by atoms with Crippen molar-refractivity contribution in [2.75, 3.05) is 29.4 Å². The normalized spacial score (nSPS) is 16.0. The third-order valence-electron chi connectivity index (χ3n) is 6.32. The van der Waals surface area contributed by atoms with Crippen LogP contribution in [0.3, 0.4) is 0 Å². The first-order valence-corrected chi connectivity index (χ1v) is 12.8. The van der Waals surface area contributed by atoms with Crippen LogP contribution in [0.4, 0.5) is 33.7 Å². The summed E-state index contributed by atoms with van der Waals surface area (Å²) in [6.07, 6.45) is -6.57. The molecule has 0 aliphatic carbocycles. The number of carbonyl (C=O) groups excluding carboxylic acids is 1. The van der Waals surface area contributed by atoms with E-state index in [0.29, 0.717) is 19.4 Å². The third kappa shape index (κ3) is 5.49. The number of alkyl halides is 3. The summed E-state index contributed by atoms with van der Waals surface area (Å²) in [5, 5.41) is 12.3. The minimum atomic E-state index is -4.94. The van der Waals surface area contributed by atoms with Gasteiger partial charge in [0.25, 0.3) is 10.0 Å². The van der Waals surface area contributed by atoms with Crippen LogP contribution in [0, 0.1) is 11.7 Å². The summed E-state index contributed by atoms with van der Waals surface area (Å²) in [7, 11) is -3.28. The van der Waals surface area contributed by atoms with Gasteiger partial charge in [-0.1, -0.05) is 6.07 Å². The summed E-state index contributed by atoms with van der Waals surface area (Å²) in [6, 6.07) is 6.50. The Morgan fingerprint density at radius 3 is 2.39 bits per heavy atom. The average molecular weight is 562 g/mol. The Morgan fingerprint density at radius 1 is 1.18 bits per heavy atom. The SMILES string of the molecule is COc1cc(S(=O)(=O)N2C[C@@H](CNC(C)=O)Cc3ccc(N(C(=O)O)C(C)(C)C(F)(F)F)cc32)ccc1F. The Bertz CT molecular complexity index is 1350. The number of hydrogen-bond donors (Lipinski definition) is 2. The Hall–Kier alpha value is -3.55. The highest BCUT2D eigenvalue weighted by molar-refractivity contribution is 7.92. The Balaban J connectivity index is 2.19. The van der Waals surface area contributed by atoms with E-state index in [-0.39, 0.29) is 46.6 Å². The summed E-state index contributed by atoms with van der Waals surface area (Å²) in [5.74, 6) is -1.90. The van der Waals surface area contributed by atoms with Crippen molar-refractivity contribution in [2.45, 2.75) is 43.8 Å². The maximum Gasteiger partial charge on any atom is 0.412 e. The number of rotatable bonds is 7. The highest BCUT2D eigenvalue weighted by Gasteiger charge is 2.54. The van der Waals surface area contributed by atoms with Crippen LogP contribution in [0.25, 0.3) is 0 Å². The number of amides is 2. The molecule has 0 saturated carbocycles. The van der Waals surface area contributed by atoms with Crippen molar-refractivity contribution in [3.05, 3.63) is 47.8 Å². The second-order valence-corrected chi connectivity index (χ2v) is 11.2. The number of nitrogens with one attached hydrogen (secondary N) is 1. The lowest BCUT2D eigenvalue weighted by Crippen LogP contribution is -2.57. The lowest BCUT2D eigenvalue weighted by Gasteiger charge is -2.40. The van der Waals surface area contributed by atoms with E-state index < -0.39 is 45.3 Å². The molecule has 2 aromatic rings. The van der Waals surface area contributed by atoms with Gasteiger partial charge in [0, 0.05) is 26.1 Å². The molecule has 3 rings (SSSR count). The highest BCUT2D eigenvalue weighted by Crippen LogP contribution is 2.42. The van der Waals surface area contributed by atoms with Gasteiger partial charge in [-0.25, -0.2) is 17.6 Å². The molecule has 1 atom stereocenters. The number of sulfonamides is 1. The van der Waals surface area contributed by atoms with E-state index in [4.69, 9.17) is 4.74 Å². The van der Waals surface area contributed by atoms with Gasteiger partial charge < -0.3 is 15.2 Å². The summed E-state index contributed by atoms with van der Waals surface area (Å²) >= 11 is 0. The number of hydrogen-bond acceptors (Lipinski definition) is 5. The molecule has 0 bridgehead atoms. The molecule has 0 spiro atoms. The van der Waals surface area contributed by atoms with Crippen molar-refractivity contribution in [3.8, 4) is 5.75 Å². The molecule has 0 aromatic heterocycles. The zero-order valence-electron chi connectivity index (χ0n) is 21.0. The van der Waals surface area contributed by atoms with Crippen molar-refractivity contribution in [1.82, 2.24) is 5.32 Å². The van der Waals surface area contributed by atoms with Crippen LogP contribution in [-0.4, -0.2) is 57.4 Å². The number of anilines is 2. The van der Waals surface area contributed by atoms with Crippen LogP contribution in [0.1, 0.15) is 26.3 Å². The number of benzene rings is 2. The molecule has 1 aliphatic heterocycles. The molecular weight excluding hydrogens is 534 g/mol. The predicted molar refractivity (Wildman–Crippen MR) is 130 cm³/mol. The number of methoxy groups -OCH3 is 1. The lowest BCUT2D eigenvalue weighted by molar-refractivity contribution is -0.175. The van der Waals surface area contributed by atoms with Gasteiger partial charge in [0.2, 0.25) is 5.91 Å². The molecule has 9 nitrogen and oxygen atoms in total. The zero-order valence-corrected chi connectivity index (χ0v) is 21.8. The van der Waals surface area contributed by atoms with Crippen LogP contribution in [-0.2, 0) is 21.2 Å². The van der Waals surface area contributed by atoms with Gasteiger partial charge in [-0.15, -0.1) is 0 Å². The van der Waals surface area contributed by atoms with E-state index in [0.717, 1.165) is 35.7 Å². The zero-order chi connectivity index (χ0) is 28.6. The van der Waals surface area contributed by atoms with Crippen LogP contribution >= 0.6 is 0 Å². The summed E-state index contributed by atoms with van der Waals surface area (Å²) in [6.45, 7) is 2.62. The standard InChI is InChI=1S/C24H27F4N3O6S/c1-14(32)29-12-15-9-16-5-6-17(31(22(33)34)23(2,3)24(26,27)28)10-20(16)30(13-15)38(35,36)18-7-8-19(25)21(11-18)37-4/h5-8,10-11,15H,9,12-13H2,1-4H3,(H,29,32)(H,33,34)/t15-/m1/s1. The van der Waals surface area contributed by atoms with Gasteiger partial charge in [0.15, 0.2) is 11.6 Å². The van der Waals surface area contributed by atoms with E-state index in [9.17, 15) is 40.7 Å². The summed E-state index contributed by atoms with van der Waals surface area (Å²) < 4.78 is 88.6. The van der Waals surface area contributed by atoms with Gasteiger partial charge in [-0.2, -0.15) is 13.2 Å². The average Bonchev–Trinajstić information content (AvgIpc) is 2.81. The Kier molecular flexibility index (Phi) is 7.87. The summed E-state index contributed by atoms with van der Waals surface area (Å²) in [5.41, 5.74) is -2.86. The molecule has 208 valence electrons. The minimum Gasteiger partial charge on any atom is -0.494 e. The molecule has 0 fully saturated rings. The van der Waals surface area contributed by atoms with E-state index in [2.05, 4.69) is 5.32 Å². The van der Waals surface area contributed by atoms with E-state index >= 15 is 0 Å². The van der Waals surface area contributed by atoms with Crippen molar-refractivity contribution < 1.29 is 45.4 Å². The summed E-state index contributed by atoms with van der Waals surface area (Å²) in [4.78, 5) is 23.2. The van der Waals surface area contributed by atoms with Crippen molar-refractivity contribution >= 4 is 33.4 Å². The quantitative estimate of drug-likeness (QED) is 0.491. The van der Waals surface area contributed by atoms with E-state index in [1.54, 1.807) is 0 Å². The number of halogens is 4. The van der Waals surface area contributed by atoms with Crippen LogP contribution in [0.2, 0.25) is 0 Å². The topological polar surface area (TPSA) is 116 Å². The van der Waals surface area contributed by atoms with Crippen LogP contribution < -0.4 is 19.3 Å². The maximum atomic E-state index is 14.0. The van der Waals surface area contributed by atoms with Gasteiger partial charge in [0.05, 0.1) is 23.4 Å². The Morgan fingerprint density at radius 2 is 1.84 bits per heavy atom. The molecule has 0 saturated heterocycles. The van der Waals surface area contributed by atoms with Gasteiger partial charge >= 0.3 is 12.3 Å². The fourth-order valence-electron chi connectivity index (χ4n) is 4.18. The van der Waals surface area contributed by atoms with Gasteiger partial charge in [-0.05, 0) is 56.0 Å². The molecular formula is C24H27F4N3O6S. The van der Waals surface area contributed by atoms with Crippen molar-refractivity contribution in [3.63, 3.8) is 0 Å². The first-order valence-electron chi connectivity index (χ1n) is 11.3. The number of ether oxygens (including phenoxy) is 1. The van der Waals surface area contributed by atoms with Gasteiger partial charge in [-0.3, -0.25) is 14.0 Å². The van der Waals surface area contributed by atoms with E-state index in [1.807, 2.05) is 0 Å². The minimum absolute atomic E-state index is 0.0332. The first-order chi connectivity index (χ1) is 17.5. The Labute approximate surface area is 217 Å². The molecule has 1 aliphatic rings. The second kappa shape index (κ2) is 10.3. The molecule has 1 heterocycles. The number of carboxylic acid groups (broad SMARTS) is 1. The van der Waals surface area contributed by atoms with Gasteiger partial charge in [0.1, 0.15) is 5.54 Å². The fraction of sp³-hybridized carbons (Fsp3) is 0.417. The molecule has 2 aromatic carbocycles. The van der Waals surface area contributed by atoms with Crippen molar-refractivity contribution in [2.24, 2.45) is 5.92 Å². The lowest BCUT2D eigenvalue weighted by atomic mass is 9.92. The predicted octanol–water partition coefficient (Wildman–Crippen LogP) is 4.16. The number of fused-ring (bicyclic) bond motifs is 1. The molecule has 0 radical (unpaired) electrons. The maximum absolute atomic E-state index is 14.0. The monoisotopic (exact) mass is 561 g/mol. The molecule has 0 unspecified atom stereocenters. The van der Waals surface area contributed by atoms with Crippen molar-refractivity contribution in [1.29, 1.82) is 0 Å². The molecule has 2 amide bonds. The van der Waals surface area contributed by atoms with Crippen LogP contribution in [0.15, 0.2) is 41.3 Å². The van der Waals surface area contributed by atoms with Crippen LogP contribution in [0.5, 0.6) is 5.75 Å². The number of carbonyl (C=O) groups is 2. The second-order valence-electron chi connectivity index (χ2n) is 9.33. The highest BCUT2D eigenvalue weighted by atomic mass is 32.2. The third-order valence-corrected chi connectivity index (χ3v) is 8.10. The van der Waals surface area contributed by atoms with E-state index in [1.165, 1.54) is 19.1 Å².